The quantitative estimate of drug-likeness (QED) is 0.687. The maximum Gasteiger partial charge on any atom is 0.227 e. The van der Waals surface area contributed by atoms with E-state index >= 15 is 0 Å². The molecule has 5 nitrogen and oxygen atoms in total. The van der Waals surface area contributed by atoms with Gasteiger partial charge in [0.15, 0.2) is 0 Å². The molecule has 0 radical (unpaired) electrons. The highest BCUT2D eigenvalue weighted by atomic mass is 35.5. The van der Waals surface area contributed by atoms with E-state index in [2.05, 4.69) is 5.32 Å². The molecule has 0 saturated heterocycles. The summed E-state index contributed by atoms with van der Waals surface area (Å²) in [4.78, 5) is 12.4. The van der Waals surface area contributed by atoms with Crippen molar-refractivity contribution in [2.45, 2.75) is 58.3 Å². The number of carbonyl (C=O) groups excluding carboxylic acids is 1. The fourth-order valence-electron chi connectivity index (χ4n) is 2.98. The third-order valence-electron chi connectivity index (χ3n) is 4.23. The van der Waals surface area contributed by atoms with Gasteiger partial charge >= 0.3 is 0 Å². The second-order valence-electron chi connectivity index (χ2n) is 6.79. The maximum atomic E-state index is 12.4. The standard InChI is InChI=1S/C19H30N2O3.ClH/c1-14(2)24-10-9-23-13-15-5-3-8-18(11-15)21-19(22)16-6-4-7-17(20)12-16;/h3,5,8,11,14,16-17H,4,6-7,9-10,12-13,20H2,1-2H3,(H,21,22);1H. The van der Waals surface area contributed by atoms with Crippen molar-refractivity contribution in [2.24, 2.45) is 11.7 Å². The smallest absolute Gasteiger partial charge is 0.227 e. The second-order valence-corrected chi connectivity index (χ2v) is 6.79. The van der Waals surface area contributed by atoms with E-state index in [-0.39, 0.29) is 36.4 Å². The Morgan fingerprint density at radius 2 is 2.12 bits per heavy atom. The van der Waals surface area contributed by atoms with Crippen molar-refractivity contribution in [3.05, 3.63) is 29.8 Å². The van der Waals surface area contributed by atoms with E-state index in [0.717, 1.165) is 36.9 Å². The van der Waals surface area contributed by atoms with Crippen LogP contribution in [0.5, 0.6) is 0 Å². The lowest BCUT2D eigenvalue weighted by atomic mass is 9.85. The Labute approximate surface area is 157 Å². The number of nitrogens with one attached hydrogen (secondary N) is 1. The predicted molar refractivity (Wildman–Crippen MR) is 103 cm³/mol. The summed E-state index contributed by atoms with van der Waals surface area (Å²) < 4.78 is 11.0. The summed E-state index contributed by atoms with van der Waals surface area (Å²) in [5, 5.41) is 3.01. The van der Waals surface area contributed by atoms with Crippen molar-refractivity contribution < 1.29 is 14.3 Å². The molecule has 1 saturated carbocycles. The summed E-state index contributed by atoms with van der Waals surface area (Å²) in [5.74, 6) is 0.107. The van der Waals surface area contributed by atoms with Gasteiger partial charge in [0.1, 0.15) is 0 Å². The number of hydrogen-bond donors (Lipinski definition) is 2. The van der Waals surface area contributed by atoms with Crippen LogP contribution < -0.4 is 11.1 Å². The molecule has 0 aromatic heterocycles. The number of anilines is 1. The lowest BCUT2D eigenvalue weighted by molar-refractivity contribution is -0.120. The van der Waals surface area contributed by atoms with Crippen molar-refractivity contribution in [1.29, 1.82) is 0 Å². The van der Waals surface area contributed by atoms with Crippen LogP contribution in [0.15, 0.2) is 24.3 Å². The third-order valence-corrected chi connectivity index (χ3v) is 4.23. The molecule has 0 aliphatic heterocycles. The zero-order chi connectivity index (χ0) is 17.4. The van der Waals surface area contributed by atoms with E-state index in [1.807, 2.05) is 38.1 Å². The van der Waals surface area contributed by atoms with Crippen molar-refractivity contribution in [1.82, 2.24) is 0 Å². The zero-order valence-corrected chi connectivity index (χ0v) is 16.0. The Morgan fingerprint density at radius 1 is 1.32 bits per heavy atom. The lowest BCUT2D eigenvalue weighted by Gasteiger charge is -2.25. The normalized spacial score (nSPS) is 20.2. The minimum Gasteiger partial charge on any atom is -0.376 e. The lowest BCUT2D eigenvalue weighted by Crippen LogP contribution is -2.34. The Kier molecular flexibility index (Phi) is 10.0. The van der Waals surface area contributed by atoms with Gasteiger partial charge in [-0.1, -0.05) is 18.6 Å². The van der Waals surface area contributed by atoms with Crippen LogP contribution in [0.2, 0.25) is 0 Å². The summed E-state index contributed by atoms with van der Waals surface area (Å²) in [7, 11) is 0. The number of nitrogens with two attached hydrogens (primary N) is 1. The minimum absolute atomic E-state index is 0. The first-order valence-corrected chi connectivity index (χ1v) is 8.89. The predicted octanol–water partition coefficient (Wildman–Crippen LogP) is 3.51. The van der Waals surface area contributed by atoms with Crippen LogP contribution in [0.25, 0.3) is 0 Å². The fourth-order valence-corrected chi connectivity index (χ4v) is 2.98. The van der Waals surface area contributed by atoms with Gasteiger partial charge in [0, 0.05) is 17.6 Å². The van der Waals surface area contributed by atoms with Crippen molar-refractivity contribution >= 4 is 24.0 Å². The van der Waals surface area contributed by atoms with Gasteiger partial charge in [-0.3, -0.25) is 4.79 Å². The van der Waals surface area contributed by atoms with Crippen molar-refractivity contribution in [2.75, 3.05) is 18.5 Å². The Bertz CT molecular complexity index is 525. The maximum absolute atomic E-state index is 12.4. The van der Waals surface area contributed by atoms with E-state index in [9.17, 15) is 4.79 Å². The number of benzene rings is 1. The zero-order valence-electron chi connectivity index (χ0n) is 15.2. The summed E-state index contributed by atoms with van der Waals surface area (Å²) in [6.45, 7) is 5.68. The van der Waals surface area contributed by atoms with Gasteiger partial charge < -0.3 is 20.5 Å². The van der Waals surface area contributed by atoms with Gasteiger partial charge in [-0.15, -0.1) is 12.4 Å². The molecule has 2 atom stereocenters. The molecule has 1 aliphatic carbocycles. The van der Waals surface area contributed by atoms with E-state index in [4.69, 9.17) is 15.2 Å². The number of halogens is 1. The molecule has 2 rings (SSSR count). The third kappa shape index (κ3) is 8.19. The molecule has 0 heterocycles. The molecule has 1 amide bonds. The van der Waals surface area contributed by atoms with Crippen LogP contribution in [0.4, 0.5) is 5.69 Å². The fraction of sp³-hybridized carbons (Fsp3) is 0.632. The molecule has 0 bridgehead atoms. The van der Waals surface area contributed by atoms with Crippen LogP contribution >= 0.6 is 12.4 Å². The first-order chi connectivity index (χ1) is 11.5. The largest absolute Gasteiger partial charge is 0.376 e. The van der Waals surface area contributed by atoms with Crippen LogP contribution in [0.3, 0.4) is 0 Å². The van der Waals surface area contributed by atoms with Gasteiger partial charge in [-0.25, -0.2) is 0 Å². The van der Waals surface area contributed by atoms with Crippen molar-refractivity contribution in [3.8, 4) is 0 Å². The molecule has 0 spiro atoms. The molecular weight excluding hydrogens is 340 g/mol. The minimum atomic E-state index is 0. The van der Waals surface area contributed by atoms with Gasteiger partial charge in [-0.2, -0.15) is 0 Å². The van der Waals surface area contributed by atoms with Crippen LogP contribution in [-0.2, 0) is 20.9 Å². The Hall–Kier alpha value is -1.14. The number of amides is 1. The highest BCUT2D eigenvalue weighted by Crippen LogP contribution is 2.24. The molecular formula is C19H31ClN2O3. The average molecular weight is 371 g/mol. The molecule has 142 valence electrons. The highest BCUT2D eigenvalue weighted by Gasteiger charge is 2.25. The summed E-state index contributed by atoms with van der Waals surface area (Å²) in [6.07, 6.45) is 3.99. The number of rotatable bonds is 8. The summed E-state index contributed by atoms with van der Waals surface area (Å²) in [5.41, 5.74) is 7.83. The number of carbonyl (C=O) groups is 1. The van der Waals surface area contributed by atoms with E-state index < -0.39 is 0 Å². The van der Waals surface area contributed by atoms with Gasteiger partial charge in [0.05, 0.1) is 25.9 Å². The molecule has 1 aromatic rings. The van der Waals surface area contributed by atoms with Gasteiger partial charge in [0.2, 0.25) is 5.91 Å². The molecule has 6 heteroatoms. The molecule has 1 fully saturated rings. The van der Waals surface area contributed by atoms with E-state index in [1.54, 1.807) is 0 Å². The van der Waals surface area contributed by atoms with Gasteiger partial charge in [0.25, 0.3) is 0 Å². The first kappa shape index (κ1) is 21.9. The number of ether oxygens (including phenoxy) is 2. The Balaban J connectivity index is 0.00000312. The van der Waals surface area contributed by atoms with E-state index in [0.29, 0.717) is 19.8 Å². The molecule has 1 aliphatic rings. The van der Waals surface area contributed by atoms with Crippen molar-refractivity contribution in [3.63, 3.8) is 0 Å². The average Bonchev–Trinajstić information content (AvgIpc) is 2.54. The van der Waals surface area contributed by atoms with Crippen LogP contribution in [0.1, 0.15) is 45.1 Å². The molecule has 2 unspecified atom stereocenters. The number of hydrogen-bond acceptors (Lipinski definition) is 4. The second kappa shape index (κ2) is 11.5. The molecule has 25 heavy (non-hydrogen) atoms. The molecule has 3 N–H and O–H groups in total. The topological polar surface area (TPSA) is 73.6 Å². The first-order valence-electron chi connectivity index (χ1n) is 8.89. The summed E-state index contributed by atoms with van der Waals surface area (Å²) >= 11 is 0. The summed E-state index contributed by atoms with van der Waals surface area (Å²) in [6, 6.07) is 7.96. The van der Waals surface area contributed by atoms with E-state index in [1.165, 1.54) is 0 Å². The monoisotopic (exact) mass is 370 g/mol. The Morgan fingerprint density at radius 3 is 2.84 bits per heavy atom. The van der Waals surface area contributed by atoms with Crippen LogP contribution in [-0.4, -0.2) is 31.3 Å². The van der Waals surface area contributed by atoms with Gasteiger partial charge in [-0.05, 0) is 50.8 Å². The SMILES string of the molecule is CC(C)OCCOCc1cccc(NC(=O)C2CCCC(N)C2)c1.Cl. The highest BCUT2D eigenvalue weighted by molar-refractivity contribution is 5.92. The van der Waals surface area contributed by atoms with Crippen LogP contribution in [0, 0.1) is 5.92 Å². The molecule has 1 aromatic carbocycles.